The first-order valence-corrected chi connectivity index (χ1v) is 14.2. The number of hydrogen-bond donors (Lipinski definition) is 0. The van der Waals surface area contributed by atoms with Crippen LogP contribution in [0.15, 0.2) is 174 Å². The van der Waals surface area contributed by atoms with Crippen LogP contribution in [0.3, 0.4) is 0 Å². The molecule has 0 unspecified atom stereocenters. The summed E-state index contributed by atoms with van der Waals surface area (Å²) in [5.74, 6) is 0. The quantitative estimate of drug-likeness (QED) is 0.187. The molecule has 45 heavy (non-hydrogen) atoms. The van der Waals surface area contributed by atoms with Crippen LogP contribution in [0, 0.1) is 0 Å². The fourth-order valence-electron chi connectivity index (χ4n) is 6.13. The largest absolute Gasteiger partial charge is 0.456 e. The molecule has 0 N–H and O–H groups in total. The molecule has 1 aromatic heterocycles. The molecule has 1 heterocycles. The van der Waals surface area contributed by atoms with Gasteiger partial charge in [-0.15, -0.1) is 0 Å². The van der Waals surface area contributed by atoms with Gasteiger partial charge in [-0.25, -0.2) is 0 Å². The van der Waals surface area contributed by atoms with Crippen LogP contribution >= 0.6 is 0 Å². The molecule has 1 nitrogen and oxygen atoms in total. The first-order chi connectivity index (χ1) is 28.6. The predicted molar refractivity (Wildman–Crippen MR) is 190 cm³/mol. The van der Waals surface area contributed by atoms with E-state index < -0.39 is 78.1 Å². The van der Waals surface area contributed by atoms with Crippen molar-refractivity contribution in [2.45, 2.75) is 0 Å². The maximum absolute atomic E-state index is 9.89. The zero-order valence-corrected chi connectivity index (χ0v) is 23.4. The van der Waals surface area contributed by atoms with Crippen LogP contribution in [0.4, 0.5) is 0 Å². The highest BCUT2D eigenvalue weighted by Crippen LogP contribution is 2.47. The molecule has 0 saturated carbocycles. The Morgan fingerprint density at radius 3 is 1.69 bits per heavy atom. The summed E-state index contributed by atoms with van der Waals surface area (Å²) in [5.41, 5.74) is 0.322. The van der Waals surface area contributed by atoms with Gasteiger partial charge < -0.3 is 4.42 Å². The Morgan fingerprint density at radius 2 is 0.978 bits per heavy atom. The highest BCUT2D eigenvalue weighted by molar-refractivity contribution is 6.23. The van der Waals surface area contributed by atoms with Crippen LogP contribution < -0.4 is 0 Å². The Balaban J connectivity index is 1.49. The molecule has 0 aliphatic carbocycles. The van der Waals surface area contributed by atoms with Crippen molar-refractivity contribution in [1.82, 2.24) is 0 Å². The molecule has 0 spiro atoms. The number of furan rings is 1. The predicted octanol–water partition coefficient (Wildman–Crippen LogP) is 12.6. The van der Waals surface area contributed by atoms with Crippen LogP contribution in [0.5, 0.6) is 0 Å². The van der Waals surface area contributed by atoms with Gasteiger partial charge in [0.25, 0.3) is 0 Å². The van der Waals surface area contributed by atoms with Crippen molar-refractivity contribution in [3.8, 4) is 44.5 Å². The van der Waals surface area contributed by atoms with E-state index in [-0.39, 0.29) is 62.3 Å². The summed E-state index contributed by atoms with van der Waals surface area (Å²) in [6.45, 7) is 0. The Kier molecular flexibility index (Phi) is 3.39. The number of benzene rings is 8. The van der Waals surface area contributed by atoms with E-state index in [0.29, 0.717) is 38.2 Å². The van der Waals surface area contributed by atoms with Gasteiger partial charge in [0, 0.05) is 10.8 Å². The molecule has 0 fully saturated rings. The number of hydrogen-bond acceptors (Lipinski definition) is 1. The average molecular weight is 588 g/mol. The van der Waals surface area contributed by atoms with Crippen LogP contribution in [0.1, 0.15) is 20.6 Å². The molecule has 0 amide bonds. The van der Waals surface area contributed by atoms with Crippen molar-refractivity contribution in [2.24, 2.45) is 0 Å². The van der Waals surface area contributed by atoms with Gasteiger partial charge in [-0.3, -0.25) is 0 Å². The third-order valence-corrected chi connectivity index (χ3v) is 8.00. The SMILES string of the molecule is [2H]c1c([2H])c([2H])c(-c2c([2H])c([2H])c([2H])c3oc4c([2H])c([2H])c(-c5c6ccccc6c(-c6c([2H])c([2H])c([2H])c([2H])c6-c6ccccc6)c6ccccc56)c([2H])c4c23)c([2H])c1[2H]. The topological polar surface area (TPSA) is 13.1 Å². The lowest BCUT2D eigenvalue weighted by Gasteiger charge is -2.19. The maximum atomic E-state index is 9.89. The first-order valence-electron chi connectivity index (χ1n) is 21.7. The lowest BCUT2D eigenvalue weighted by molar-refractivity contribution is 0.669. The molecule has 9 rings (SSSR count). The number of rotatable bonds is 4. The van der Waals surface area contributed by atoms with Gasteiger partial charge in [-0.2, -0.15) is 0 Å². The number of fused-ring (bicyclic) bond motifs is 5. The van der Waals surface area contributed by atoms with E-state index >= 15 is 0 Å². The summed E-state index contributed by atoms with van der Waals surface area (Å²) < 4.78 is 139. The Morgan fingerprint density at radius 1 is 0.378 bits per heavy atom. The Hall–Kier alpha value is -5.92. The fourth-order valence-corrected chi connectivity index (χ4v) is 6.13. The third kappa shape index (κ3) is 4.09. The highest BCUT2D eigenvalue weighted by Gasteiger charge is 2.20. The van der Waals surface area contributed by atoms with Crippen LogP contribution in [0.2, 0.25) is 0 Å². The van der Waals surface area contributed by atoms with E-state index in [1.165, 1.54) is 0 Å². The van der Waals surface area contributed by atoms with Crippen molar-refractivity contribution in [3.05, 3.63) is 169 Å². The molecule has 0 saturated heterocycles. The average Bonchev–Trinajstić information content (AvgIpc) is 3.66. The van der Waals surface area contributed by atoms with Gasteiger partial charge in [-0.05, 0) is 84.2 Å². The zero-order chi connectivity index (χ0) is 42.8. The molecular weight excluding hydrogens is 544 g/mol. The van der Waals surface area contributed by atoms with Gasteiger partial charge in [0.15, 0.2) is 0 Å². The van der Waals surface area contributed by atoms with E-state index in [0.717, 1.165) is 0 Å². The molecule has 0 aliphatic rings. The fraction of sp³-hybridized carbons (Fsp3) is 0. The van der Waals surface area contributed by atoms with Gasteiger partial charge >= 0.3 is 0 Å². The normalized spacial score (nSPS) is 16.2. The second kappa shape index (κ2) is 10.4. The molecule has 0 atom stereocenters. The van der Waals surface area contributed by atoms with E-state index in [1.807, 2.05) is 0 Å². The van der Waals surface area contributed by atoms with E-state index in [4.69, 9.17) is 19.5 Å². The van der Waals surface area contributed by atoms with Crippen LogP contribution in [-0.4, -0.2) is 0 Å². The minimum absolute atomic E-state index is 0.0626. The van der Waals surface area contributed by atoms with E-state index in [1.54, 1.807) is 78.9 Å². The van der Waals surface area contributed by atoms with Crippen LogP contribution in [0.25, 0.3) is 88.0 Å². The summed E-state index contributed by atoms with van der Waals surface area (Å²) in [6, 6.07) is 15.0. The minimum atomic E-state index is -0.703. The lowest BCUT2D eigenvalue weighted by atomic mass is 9.83. The van der Waals surface area contributed by atoms with Crippen molar-refractivity contribution < 1.29 is 25.0 Å². The van der Waals surface area contributed by atoms with Crippen molar-refractivity contribution in [2.75, 3.05) is 0 Å². The van der Waals surface area contributed by atoms with Gasteiger partial charge in [-0.1, -0.05) is 151 Å². The molecule has 0 aliphatic heterocycles. The molecule has 1 heteroatoms. The standard InChI is InChI=1S/C44H28O/c1-3-14-29(15-4-1)32-18-7-8-19-34(32)43-37-22-11-9-20-35(37)42(36-21-10-12-23-38(36)43)31-26-27-40-39(28-31)44-33(24-13-25-41(44)45-40)30-16-5-2-6-17-30/h1-28H/i2D,5D,6D,7D,8D,13D,16D,17D,18D,19D,24D,25D,26D,27D,28D. The van der Waals surface area contributed by atoms with Gasteiger partial charge in [0.1, 0.15) is 11.2 Å². The zero-order valence-electron chi connectivity index (χ0n) is 38.4. The highest BCUT2D eigenvalue weighted by atomic mass is 16.3. The van der Waals surface area contributed by atoms with Gasteiger partial charge in [0.05, 0.1) is 20.6 Å². The second-order valence-corrected chi connectivity index (χ2v) is 10.5. The molecular formula is C44H28O. The van der Waals surface area contributed by atoms with Crippen molar-refractivity contribution in [1.29, 1.82) is 0 Å². The third-order valence-electron chi connectivity index (χ3n) is 8.00. The molecule has 210 valence electrons. The smallest absolute Gasteiger partial charge is 0.136 e. The first kappa shape index (κ1) is 14.7. The molecule has 8 aromatic carbocycles. The summed E-state index contributed by atoms with van der Waals surface area (Å²) in [6.07, 6.45) is 0. The summed E-state index contributed by atoms with van der Waals surface area (Å²) in [7, 11) is 0. The van der Waals surface area contributed by atoms with Crippen molar-refractivity contribution >= 4 is 43.5 Å². The minimum Gasteiger partial charge on any atom is -0.456 e. The monoisotopic (exact) mass is 587 g/mol. The summed E-state index contributed by atoms with van der Waals surface area (Å²) in [5, 5.41) is 1.60. The summed E-state index contributed by atoms with van der Waals surface area (Å²) >= 11 is 0. The summed E-state index contributed by atoms with van der Waals surface area (Å²) in [4.78, 5) is 0. The Labute approximate surface area is 282 Å². The molecule has 0 radical (unpaired) electrons. The van der Waals surface area contributed by atoms with E-state index in [2.05, 4.69) is 0 Å². The second-order valence-electron chi connectivity index (χ2n) is 10.5. The Bertz CT molecular complexity index is 3290. The van der Waals surface area contributed by atoms with Crippen LogP contribution in [-0.2, 0) is 0 Å². The lowest BCUT2D eigenvalue weighted by Crippen LogP contribution is -1.92. The molecule has 9 aromatic rings. The molecule has 0 bridgehead atoms. The maximum Gasteiger partial charge on any atom is 0.136 e. The van der Waals surface area contributed by atoms with E-state index in [9.17, 15) is 5.48 Å². The van der Waals surface area contributed by atoms with Gasteiger partial charge in [0.2, 0.25) is 0 Å². The van der Waals surface area contributed by atoms with Crippen molar-refractivity contribution in [3.63, 3.8) is 0 Å².